The highest BCUT2D eigenvalue weighted by atomic mass is 32.1. The van der Waals surface area contributed by atoms with E-state index in [2.05, 4.69) is 34.1 Å². The van der Waals surface area contributed by atoms with Gasteiger partial charge in [0, 0.05) is 35.9 Å². The Labute approximate surface area is 163 Å². The first kappa shape index (κ1) is 17.0. The Morgan fingerprint density at radius 3 is 2.56 bits per heavy atom. The van der Waals surface area contributed by atoms with Gasteiger partial charge in [0.15, 0.2) is 5.78 Å². The average Bonchev–Trinajstić information content (AvgIpc) is 3.23. The summed E-state index contributed by atoms with van der Waals surface area (Å²) < 4.78 is 5.44. The first-order valence-electron chi connectivity index (χ1n) is 9.51. The first-order chi connectivity index (χ1) is 13.1. The summed E-state index contributed by atoms with van der Waals surface area (Å²) in [5, 5.41) is 0.863. The lowest BCUT2D eigenvalue weighted by Crippen LogP contribution is -2.40. The third-order valence-corrected chi connectivity index (χ3v) is 6.86. The van der Waals surface area contributed by atoms with Crippen LogP contribution in [0.3, 0.4) is 0 Å². The number of thiophene rings is 1. The number of hydrogen-bond acceptors (Lipinski definition) is 6. The van der Waals surface area contributed by atoms with Crippen LogP contribution in [0.15, 0.2) is 35.3 Å². The van der Waals surface area contributed by atoms with Crippen LogP contribution < -0.4 is 9.80 Å². The minimum absolute atomic E-state index is 0.222. The number of anilines is 2. The molecule has 2 aromatic rings. The van der Waals surface area contributed by atoms with Gasteiger partial charge >= 0.3 is 0 Å². The molecule has 1 unspecified atom stereocenters. The first-order valence-corrected chi connectivity index (χ1v) is 10.3. The molecule has 1 aromatic carbocycles. The Balaban J connectivity index is 1.48. The Hall–Kier alpha value is -2.18. The number of nitrogens with zero attached hydrogens (tertiary/aromatic N) is 3. The van der Waals surface area contributed by atoms with Crippen molar-refractivity contribution in [3.63, 3.8) is 0 Å². The van der Waals surface area contributed by atoms with Crippen LogP contribution >= 0.6 is 11.3 Å². The van der Waals surface area contributed by atoms with Crippen molar-refractivity contribution in [2.75, 3.05) is 42.6 Å². The highest BCUT2D eigenvalue weighted by Gasteiger charge is 2.50. The molecule has 1 atom stereocenters. The van der Waals surface area contributed by atoms with Gasteiger partial charge in [0.05, 0.1) is 24.2 Å². The van der Waals surface area contributed by atoms with E-state index in [1.165, 1.54) is 5.69 Å². The number of amidine groups is 1. The molecule has 0 amide bonds. The number of morpholine rings is 1. The monoisotopic (exact) mass is 381 g/mol. The molecule has 27 heavy (non-hydrogen) atoms. The fourth-order valence-corrected chi connectivity index (χ4v) is 5.18. The maximum atomic E-state index is 13.2. The maximum Gasteiger partial charge on any atom is 0.179 e. The van der Waals surface area contributed by atoms with Crippen molar-refractivity contribution in [3.05, 3.63) is 40.8 Å². The van der Waals surface area contributed by atoms with Crippen LogP contribution in [0.25, 0.3) is 0 Å². The van der Waals surface area contributed by atoms with Gasteiger partial charge in [0.25, 0.3) is 0 Å². The highest BCUT2D eigenvalue weighted by Crippen LogP contribution is 2.47. The molecule has 4 heterocycles. The van der Waals surface area contributed by atoms with E-state index >= 15 is 0 Å². The van der Waals surface area contributed by atoms with Crippen molar-refractivity contribution >= 4 is 39.3 Å². The van der Waals surface area contributed by atoms with Crippen LogP contribution in [0, 0.1) is 12.3 Å². The maximum absolute atomic E-state index is 13.2. The number of Topliss-reactive ketones (excluding diaryl/α,β-unsaturated/α-hetero) is 1. The summed E-state index contributed by atoms with van der Waals surface area (Å²) >= 11 is 1.61. The second-order valence-electron chi connectivity index (χ2n) is 7.69. The van der Waals surface area contributed by atoms with Crippen molar-refractivity contribution in [1.29, 1.82) is 0 Å². The molecule has 3 aliphatic rings. The fraction of sp³-hybridized carbons (Fsp3) is 0.429. The zero-order valence-electron chi connectivity index (χ0n) is 15.7. The fourth-order valence-electron chi connectivity index (χ4n) is 4.31. The number of carbonyl (C=O) groups excluding carboxylic acids is 1. The molecule has 5 rings (SSSR count). The van der Waals surface area contributed by atoms with E-state index < -0.39 is 5.41 Å². The summed E-state index contributed by atoms with van der Waals surface area (Å²) in [5.74, 6) is 1.13. The molecule has 2 fully saturated rings. The van der Waals surface area contributed by atoms with Gasteiger partial charge in [-0.05, 0) is 50.6 Å². The lowest BCUT2D eigenvalue weighted by Gasteiger charge is -2.31. The SMILES string of the molecule is Cc1cc2c(s1)N=C1N(c3ccc(N4CCOCC4)cc3)CCC1(C)C2=O. The lowest BCUT2D eigenvalue weighted by molar-refractivity contribution is 0.0888. The smallest absolute Gasteiger partial charge is 0.179 e. The molecule has 5 nitrogen and oxygen atoms in total. The van der Waals surface area contributed by atoms with Gasteiger partial charge in [-0.2, -0.15) is 0 Å². The molecule has 1 aromatic heterocycles. The van der Waals surface area contributed by atoms with E-state index in [1.54, 1.807) is 11.3 Å². The number of benzene rings is 1. The number of aryl methyl sites for hydroxylation is 1. The van der Waals surface area contributed by atoms with E-state index in [9.17, 15) is 4.79 Å². The molecule has 6 heteroatoms. The topological polar surface area (TPSA) is 45.1 Å². The van der Waals surface area contributed by atoms with Gasteiger partial charge in [0.1, 0.15) is 10.8 Å². The molecular formula is C21H23N3O2S. The minimum atomic E-state index is -0.511. The molecule has 0 bridgehead atoms. The summed E-state index contributed by atoms with van der Waals surface area (Å²) in [7, 11) is 0. The number of aliphatic imine (C=N–C) groups is 1. The zero-order chi connectivity index (χ0) is 18.6. The van der Waals surface area contributed by atoms with Gasteiger partial charge in [-0.25, -0.2) is 4.99 Å². The molecule has 140 valence electrons. The summed E-state index contributed by atoms with van der Waals surface area (Å²) in [6, 6.07) is 10.6. The molecule has 0 N–H and O–H groups in total. The Bertz CT molecular complexity index is 927. The zero-order valence-corrected chi connectivity index (χ0v) is 16.5. The van der Waals surface area contributed by atoms with Crippen LogP contribution in [-0.2, 0) is 4.74 Å². The largest absolute Gasteiger partial charge is 0.378 e. The van der Waals surface area contributed by atoms with Crippen LogP contribution in [0.5, 0.6) is 0 Å². The predicted octanol–water partition coefficient (Wildman–Crippen LogP) is 4.04. The van der Waals surface area contributed by atoms with Crippen LogP contribution in [0.2, 0.25) is 0 Å². The summed E-state index contributed by atoms with van der Waals surface area (Å²) in [6.07, 6.45) is 0.810. The third kappa shape index (κ3) is 2.62. The molecule has 3 aliphatic heterocycles. The van der Waals surface area contributed by atoms with E-state index in [0.717, 1.165) is 66.2 Å². The molecule has 0 aliphatic carbocycles. The van der Waals surface area contributed by atoms with Crippen molar-refractivity contribution in [1.82, 2.24) is 0 Å². The van der Waals surface area contributed by atoms with Crippen LogP contribution in [0.4, 0.5) is 16.4 Å². The highest BCUT2D eigenvalue weighted by molar-refractivity contribution is 7.16. The Morgan fingerprint density at radius 2 is 1.81 bits per heavy atom. The summed E-state index contributed by atoms with van der Waals surface area (Å²) in [6.45, 7) is 8.35. The molecular weight excluding hydrogens is 358 g/mol. The second-order valence-corrected chi connectivity index (χ2v) is 8.92. The van der Waals surface area contributed by atoms with Gasteiger partial charge in [-0.15, -0.1) is 11.3 Å². The number of ketones is 1. The number of ether oxygens (including phenoxy) is 1. The van der Waals surface area contributed by atoms with Gasteiger partial charge in [-0.1, -0.05) is 0 Å². The Kier molecular flexibility index (Phi) is 3.88. The van der Waals surface area contributed by atoms with Crippen LogP contribution in [-0.4, -0.2) is 44.5 Å². The molecule has 0 radical (unpaired) electrons. The lowest BCUT2D eigenvalue weighted by atomic mass is 9.79. The number of fused-ring (bicyclic) bond motifs is 2. The van der Waals surface area contributed by atoms with Crippen molar-refractivity contribution in [2.45, 2.75) is 20.3 Å². The van der Waals surface area contributed by atoms with Gasteiger partial charge < -0.3 is 14.5 Å². The van der Waals surface area contributed by atoms with E-state index in [4.69, 9.17) is 9.73 Å². The van der Waals surface area contributed by atoms with Gasteiger partial charge in [-0.3, -0.25) is 4.79 Å². The molecule has 0 spiro atoms. The number of rotatable bonds is 2. The second kappa shape index (κ2) is 6.17. The number of hydrogen-bond donors (Lipinski definition) is 0. The minimum Gasteiger partial charge on any atom is -0.378 e. The molecule has 0 saturated carbocycles. The normalized spacial score (nSPS) is 24.7. The number of carbonyl (C=O) groups is 1. The standard InChI is InChI=1S/C21H23N3O2S/c1-14-13-17-18(25)21(2)7-8-24(20(21)22-19(17)27-14)16-5-3-15(4-6-16)23-9-11-26-12-10-23/h3-6,13H,7-12H2,1-2H3. The van der Waals surface area contributed by atoms with E-state index in [1.807, 2.05) is 19.9 Å². The average molecular weight is 382 g/mol. The molecule has 2 saturated heterocycles. The quantitative estimate of drug-likeness (QED) is 0.788. The van der Waals surface area contributed by atoms with E-state index in [-0.39, 0.29) is 5.78 Å². The Morgan fingerprint density at radius 1 is 1.11 bits per heavy atom. The van der Waals surface area contributed by atoms with Crippen molar-refractivity contribution in [2.24, 2.45) is 10.4 Å². The predicted molar refractivity (Wildman–Crippen MR) is 110 cm³/mol. The van der Waals surface area contributed by atoms with Gasteiger partial charge in [0.2, 0.25) is 0 Å². The summed E-state index contributed by atoms with van der Waals surface area (Å²) in [5.41, 5.74) is 2.62. The third-order valence-electron chi connectivity index (χ3n) is 5.91. The summed E-state index contributed by atoms with van der Waals surface area (Å²) in [4.78, 5) is 23.8. The van der Waals surface area contributed by atoms with E-state index in [0.29, 0.717) is 0 Å². The van der Waals surface area contributed by atoms with Crippen molar-refractivity contribution < 1.29 is 9.53 Å². The van der Waals surface area contributed by atoms with Crippen molar-refractivity contribution in [3.8, 4) is 0 Å². The van der Waals surface area contributed by atoms with Crippen LogP contribution in [0.1, 0.15) is 28.6 Å².